The normalized spacial score (nSPS) is 12.8. The van der Waals surface area contributed by atoms with Crippen LogP contribution in [0.25, 0.3) is 11.0 Å². The predicted octanol–water partition coefficient (Wildman–Crippen LogP) is 2.43. The zero-order chi connectivity index (χ0) is 49.7. The number of nitrogens with zero attached hydrogens (tertiary/aromatic N) is 2. The van der Waals surface area contributed by atoms with Crippen molar-refractivity contribution in [1.82, 2.24) is 9.96 Å². The quantitative estimate of drug-likeness (QED) is 0.0433. The van der Waals surface area contributed by atoms with E-state index in [0.29, 0.717) is 185 Å². The number of aryl methyl sites for hydroxylation is 2. The number of imide groups is 1. The van der Waals surface area contributed by atoms with E-state index in [-0.39, 0.29) is 51.1 Å². The fourth-order valence-electron chi connectivity index (χ4n) is 6.41. The van der Waals surface area contributed by atoms with E-state index in [0.717, 1.165) is 5.56 Å². The molecule has 3 rings (SSSR count). The van der Waals surface area contributed by atoms with E-state index in [4.69, 9.17) is 71.8 Å². The van der Waals surface area contributed by atoms with Crippen molar-refractivity contribution >= 4 is 40.3 Å². The van der Waals surface area contributed by atoms with Crippen LogP contribution in [0.5, 0.6) is 0 Å². The smallest absolute Gasteiger partial charge is 0.349 e. The highest BCUT2D eigenvalue weighted by Crippen LogP contribution is 2.25. The summed E-state index contributed by atoms with van der Waals surface area (Å²) in [5, 5.41) is 1.13. The minimum absolute atomic E-state index is 0.0147. The first-order chi connectivity index (χ1) is 33.6. The Morgan fingerprint density at radius 1 is 0.565 bits per heavy atom. The van der Waals surface area contributed by atoms with Gasteiger partial charge in [-0.3, -0.25) is 14.4 Å². The van der Waals surface area contributed by atoms with Crippen LogP contribution in [0.15, 0.2) is 21.3 Å². The Morgan fingerprint density at radius 3 is 1.39 bits per heavy atom. The van der Waals surface area contributed by atoms with Crippen molar-refractivity contribution in [2.24, 2.45) is 0 Å². The molecule has 0 spiro atoms. The van der Waals surface area contributed by atoms with Crippen molar-refractivity contribution in [3.63, 3.8) is 0 Å². The van der Waals surface area contributed by atoms with E-state index >= 15 is 0 Å². The molecule has 3 amide bonds. The Hall–Kier alpha value is -4.17. The van der Waals surface area contributed by atoms with Crippen LogP contribution in [0.3, 0.4) is 0 Å². The molecule has 0 aliphatic carbocycles. The number of carbonyl (C=O) groups is 4. The highest BCUT2D eigenvalue weighted by Gasteiger charge is 2.32. The molecule has 22 nitrogen and oxygen atoms in total. The molecule has 1 aromatic heterocycles. The van der Waals surface area contributed by atoms with Crippen LogP contribution in [0.4, 0.5) is 5.69 Å². The molecule has 0 bridgehead atoms. The van der Waals surface area contributed by atoms with Crippen LogP contribution in [-0.4, -0.2) is 206 Å². The number of rotatable bonds is 44. The number of hydrogen-bond acceptors (Lipinski definition) is 20. The highest BCUT2D eigenvalue weighted by atomic mass is 16.7. The average Bonchev–Trinajstić information content (AvgIpc) is 3.64. The van der Waals surface area contributed by atoms with Crippen LogP contribution >= 0.6 is 0 Å². The number of hydrogen-bond donors (Lipinski definition) is 1. The van der Waals surface area contributed by atoms with E-state index in [2.05, 4.69) is 0 Å². The molecular weight excluding hydrogens is 911 g/mol. The summed E-state index contributed by atoms with van der Waals surface area (Å²) in [6.07, 6.45) is 1.43. The summed E-state index contributed by atoms with van der Waals surface area (Å²) in [4.78, 5) is 69.2. The first-order valence-corrected chi connectivity index (χ1v) is 23.7. The van der Waals surface area contributed by atoms with Crippen LogP contribution < -0.4 is 11.4 Å². The van der Waals surface area contributed by atoms with Gasteiger partial charge in [0.05, 0.1) is 152 Å². The molecule has 1 aliphatic heterocycles. The Balaban J connectivity index is 1.15. The van der Waals surface area contributed by atoms with E-state index in [1.807, 2.05) is 6.92 Å². The number of methoxy groups -OCH3 is 1. The molecule has 0 radical (unpaired) electrons. The number of nitrogens with two attached hydrogens (primary N) is 1. The predicted molar refractivity (Wildman–Crippen MR) is 249 cm³/mol. The summed E-state index contributed by atoms with van der Waals surface area (Å²) >= 11 is 0. The molecule has 2 heterocycles. The fourth-order valence-corrected chi connectivity index (χ4v) is 6.41. The molecule has 0 saturated carbocycles. The maximum Gasteiger partial charge on any atom is 0.349 e. The lowest BCUT2D eigenvalue weighted by atomic mass is 10.0. The summed E-state index contributed by atoms with van der Waals surface area (Å²) in [6, 6.07) is 3.36. The second-order valence-electron chi connectivity index (χ2n) is 15.5. The van der Waals surface area contributed by atoms with E-state index in [9.17, 15) is 24.0 Å². The standard InChI is InChI=1S/C47H75N3O19/c1-37-35-39-38(2)45(47(55)68-41(39)36-40(37)48)46(54)49(10-6-4-5-7-44(53)69-50-42(51)8-9-43(50)52)11-12-57-15-16-59-19-20-61-23-24-63-27-28-65-31-32-67-34-33-66-30-29-64-26-25-62-22-21-60-18-17-58-14-13-56-3/h35-36H,4-34,48H2,1-3H3. The summed E-state index contributed by atoms with van der Waals surface area (Å²) in [5.41, 5.74) is 7.20. The minimum Gasteiger partial charge on any atom is -0.422 e. The van der Waals surface area contributed by atoms with E-state index in [1.165, 1.54) is 4.90 Å². The third-order valence-electron chi connectivity index (χ3n) is 10.2. The van der Waals surface area contributed by atoms with E-state index in [1.54, 1.807) is 26.2 Å². The number of nitrogen functional groups attached to an aromatic ring is 1. The van der Waals surface area contributed by atoms with Gasteiger partial charge in [0.1, 0.15) is 11.1 Å². The van der Waals surface area contributed by atoms with Gasteiger partial charge in [0.2, 0.25) is 0 Å². The number of hydroxylamine groups is 2. The third kappa shape index (κ3) is 25.5. The summed E-state index contributed by atoms with van der Waals surface area (Å²) in [6.45, 7) is 14.1. The average molecular weight is 986 g/mol. The molecule has 1 aromatic carbocycles. The number of unbranched alkanes of at least 4 members (excludes halogenated alkanes) is 2. The highest BCUT2D eigenvalue weighted by molar-refractivity contribution is 6.01. The molecule has 69 heavy (non-hydrogen) atoms. The second-order valence-corrected chi connectivity index (χ2v) is 15.5. The zero-order valence-corrected chi connectivity index (χ0v) is 40.8. The fraction of sp³-hybridized carbons (Fsp3) is 0.723. The first-order valence-electron chi connectivity index (χ1n) is 23.7. The Bertz CT molecular complexity index is 1800. The van der Waals surface area contributed by atoms with Crippen LogP contribution in [0, 0.1) is 13.8 Å². The van der Waals surface area contributed by atoms with Gasteiger partial charge in [0, 0.05) is 56.6 Å². The van der Waals surface area contributed by atoms with Crippen LogP contribution in [0.1, 0.15) is 60.0 Å². The SMILES string of the molecule is COCCOCCOCCOCCOCCOCCOCCOCCOCCOCCOCCOCCN(CCCCCC(=O)ON1C(=O)CCC1=O)C(=O)c1c(C)c2cc(C)c(N)cc2oc1=O. The van der Waals surface area contributed by atoms with Crippen LogP contribution in [-0.2, 0) is 76.1 Å². The molecule has 1 fully saturated rings. The molecule has 2 aromatic rings. The topological polar surface area (TPSA) is 251 Å². The number of benzene rings is 1. The summed E-state index contributed by atoms with van der Waals surface area (Å²) in [5.74, 6) is -2.28. The first kappa shape index (κ1) is 59.1. The summed E-state index contributed by atoms with van der Waals surface area (Å²) in [7, 11) is 1.64. The molecule has 1 aliphatic rings. The van der Waals surface area contributed by atoms with E-state index < -0.39 is 29.3 Å². The van der Waals surface area contributed by atoms with Crippen molar-refractivity contribution in [2.45, 2.75) is 52.4 Å². The Labute approximate surface area is 404 Å². The zero-order valence-electron chi connectivity index (χ0n) is 40.8. The number of anilines is 1. The minimum atomic E-state index is -0.771. The molecule has 392 valence electrons. The molecular formula is C47H75N3O19. The van der Waals surface area contributed by atoms with Gasteiger partial charge in [-0.1, -0.05) is 6.42 Å². The maximum atomic E-state index is 13.9. The van der Waals surface area contributed by atoms with Gasteiger partial charge >= 0.3 is 11.6 Å². The summed E-state index contributed by atoms with van der Waals surface area (Å²) < 4.78 is 71.0. The lowest BCUT2D eigenvalue weighted by molar-refractivity contribution is -0.197. The number of ether oxygens (including phenoxy) is 12. The molecule has 1 saturated heterocycles. The third-order valence-corrected chi connectivity index (χ3v) is 10.2. The van der Waals surface area contributed by atoms with Gasteiger partial charge in [-0.2, -0.15) is 0 Å². The van der Waals surface area contributed by atoms with Gasteiger partial charge in [-0.15, -0.1) is 5.06 Å². The van der Waals surface area contributed by atoms with Crippen molar-refractivity contribution in [3.8, 4) is 0 Å². The maximum absolute atomic E-state index is 13.9. The van der Waals surface area contributed by atoms with Gasteiger partial charge in [-0.05, 0) is 43.9 Å². The second kappa shape index (κ2) is 37.6. The van der Waals surface area contributed by atoms with Crippen molar-refractivity contribution in [2.75, 3.05) is 178 Å². The molecule has 0 unspecified atom stereocenters. The molecule has 0 atom stereocenters. The lowest BCUT2D eigenvalue weighted by Crippen LogP contribution is -2.38. The molecule has 22 heteroatoms. The van der Waals surface area contributed by atoms with Crippen LogP contribution in [0.2, 0.25) is 0 Å². The van der Waals surface area contributed by atoms with Crippen molar-refractivity contribution in [3.05, 3.63) is 39.2 Å². The van der Waals surface area contributed by atoms with Gasteiger partial charge < -0.3 is 76.7 Å². The number of amides is 3. The number of carbonyl (C=O) groups excluding carboxylic acids is 4. The van der Waals surface area contributed by atoms with Crippen molar-refractivity contribution in [1.29, 1.82) is 0 Å². The molecule has 2 N–H and O–H groups in total. The Morgan fingerprint density at radius 2 is 0.971 bits per heavy atom. The number of fused-ring (bicyclic) bond motifs is 1. The lowest BCUT2D eigenvalue weighted by Gasteiger charge is -2.23. The monoisotopic (exact) mass is 985 g/mol. The van der Waals surface area contributed by atoms with Gasteiger partial charge in [0.25, 0.3) is 17.7 Å². The largest absolute Gasteiger partial charge is 0.422 e. The van der Waals surface area contributed by atoms with Gasteiger partial charge in [-0.25, -0.2) is 9.59 Å². The van der Waals surface area contributed by atoms with Crippen molar-refractivity contribution < 1.29 is 85.3 Å². The Kier molecular flexibility index (Phi) is 32.3. The van der Waals surface area contributed by atoms with Gasteiger partial charge in [0.15, 0.2) is 0 Å².